The van der Waals surface area contributed by atoms with Crippen molar-refractivity contribution in [1.82, 2.24) is 10.2 Å². The van der Waals surface area contributed by atoms with Crippen molar-refractivity contribution in [2.24, 2.45) is 0 Å². The van der Waals surface area contributed by atoms with Crippen molar-refractivity contribution in [2.45, 2.75) is 12.4 Å². The quantitative estimate of drug-likeness (QED) is 0.269. The molecule has 9 heteroatoms. The smallest absolute Gasteiger partial charge is 0.256 e. The van der Waals surface area contributed by atoms with Crippen LogP contribution in [0.1, 0.15) is 6.92 Å². The topological polar surface area (TPSA) is 35.6 Å². The van der Waals surface area contributed by atoms with Gasteiger partial charge in [-0.2, -0.15) is 0 Å². The summed E-state index contributed by atoms with van der Waals surface area (Å²) in [5.74, 6) is -4.95. The van der Waals surface area contributed by atoms with Gasteiger partial charge >= 0.3 is 0 Å². The van der Waals surface area contributed by atoms with Gasteiger partial charge in [-0.3, -0.25) is 9.80 Å². The SMILES string of the molecule is CC1=C(C(=O)Nc2ccccc2-c2cc(F)c(F)c(F)c2)C(Cl)N(F)N1C. The molecular weight excluding hydrogens is 386 g/mol. The number of hydrazine groups is 1. The molecule has 2 aromatic rings. The molecule has 4 nitrogen and oxygen atoms in total. The zero-order valence-corrected chi connectivity index (χ0v) is 15.0. The number of alkyl halides is 1. The molecule has 27 heavy (non-hydrogen) atoms. The Kier molecular flexibility index (Phi) is 5.12. The van der Waals surface area contributed by atoms with Gasteiger partial charge in [-0.15, -0.1) is 4.48 Å². The number of nitrogens with one attached hydrogen (secondary N) is 1. The molecule has 0 bridgehead atoms. The number of carbonyl (C=O) groups is 1. The molecule has 0 fully saturated rings. The molecule has 3 rings (SSSR count). The average Bonchev–Trinajstić information content (AvgIpc) is 2.83. The number of anilines is 1. The van der Waals surface area contributed by atoms with Crippen molar-refractivity contribution < 1.29 is 22.4 Å². The number of amides is 1. The number of halogens is 5. The van der Waals surface area contributed by atoms with Gasteiger partial charge < -0.3 is 5.32 Å². The molecule has 1 atom stereocenters. The van der Waals surface area contributed by atoms with Gasteiger partial charge in [0, 0.05) is 24.0 Å². The third kappa shape index (κ3) is 3.38. The Morgan fingerprint density at radius 3 is 2.30 bits per heavy atom. The van der Waals surface area contributed by atoms with Crippen molar-refractivity contribution in [3.63, 3.8) is 0 Å². The second-order valence-corrected chi connectivity index (χ2v) is 6.31. The van der Waals surface area contributed by atoms with Crippen LogP contribution in [0.2, 0.25) is 0 Å². The maximum atomic E-state index is 13.9. The first-order valence-corrected chi connectivity index (χ1v) is 8.24. The maximum absolute atomic E-state index is 13.9. The van der Waals surface area contributed by atoms with E-state index in [2.05, 4.69) is 5.32 Å². The van der Waals surface area contributed by atoms with Gasteiger partial charge in [0.25, 0.3) is 5.91 Å². The van der Waals surface area contributed by atoms with Crippen LogP contribution < -0.4 is 5.32 Å². The predicted molar refractivity (Wildman–Crippen MR) is 93.4 cm³/mol. The maximum Gasteiger partial charge on any atom is 0.256 e. The normalized spacial score (nSPS) is 17.6. The molecule has 142 valence electrons. The van der Waals surface area contributed by atoms with Crippen LogP contribution in [0.4, 0.5) is 23.3 Å². The van der Waals surface area contributed by atoms with Crippen molar-refractivity contribution in [3.8, 4) is 11.1 Å². The molecule has 0 saturated carbocycles. The highest BCUT2D eigenvalue weighted by Gasteiger charge is 2.38. The number of hydrogen-bond donors (Lipinski definition) is 1. The largest absolute Gasteiger partial charge is 0.322 e. The van der Waals surface area contributed by atoms with Crippen LogP contribution in [0.25, 0.3) is 11.1 Å². The van der Waals surface area contributed by atoms with Gasteiger partial charge in [-0.05, 0) is 35.9 Å². The Morgan fingerprint density at radius 1 is 1.15 bits per heavy atom. The predicted octanol–water partition coefficient (Wildman–Crippen LogP) is 4.60. The third-order valence-corrected chi connectivity index (χ3v) is 4.68. The van der Waals surface area contributed by atoms with Crippen molar-refractivity contribution >= 4 is 23.2 Å². The third-order valence-electron chi connectivity index (χ3n) is 4.30. The van der Waals surface area contributed by atoms with E-state index in [1.165, 1.54) is 26.1 Å². The molecule has 0 aromatic heterocycles. The second-order valence-electron chi connectivity index (χ2n) is 5.90. The number of rotatable bonds is 3. The zero-order valence-electron chi connectivity index (χ0n) is 14.2. The Hall–Kier alpha value is -2.58. The van der Waals surface area contributed by atoms with Gasteiger partial charge in [-0.1, -0.05) is 29.8 Å². The molecule has 1 aliphatic heterocycles. The first kappa shape index (κ1) is 19.2. The molecule has 1 amide bonds. The fourth-order valence-electron chi connectivity index (χ4n) is 2.77. The number of allylic oxidation sites excluding steroid dienone is 1. The summed E-state index contributed by atoms with van der Waals surface area (Å²) in [7, 11) is 1.41. The molecule has 0 aliphatic carbocycles. The Morgan fingerprint density at radius 2 is 1.74 bits per heavy atom. The molecule has 1 heterocycles. The molecule has 0 radical (unpaired) electrons. The van der Waals surface area contributed by atoms with E-state index in [-0.39, 0.29) is 27.6 Å². The first-order valence-electron chi connectivity index (χ1n) is 7.81. The van der Waals surface area contributed by atoms with Crippen LogP contribution in [0, 0.1) is 17.5 Å². The van der Waals surface area contributed by atoms with Crippen LogP contribution in [-0.2, 0) is 4.79 Å². The number of hydrogen-bond acceptors (Lipinski definition) is 3. The molecule has 0 saturated heterocycles. The highest BCUT2D eigenvalue weighted by Crippen LogP contribution is 2.34. The van der Waals surface area contributed by atoms with Crippen molar-refractivity contribution in [3.05, 3.63) is 65.1 Å². The average molecular weight is 400 g/mol. The number of para-hydroxylation sites is 1. The van der Waals surface area contributed by atoms with Gasteiger partial charge in [-0.25, -0.2) is 13.2 Å². The van der Waals surface area contributed by atoms with Crippen molar-refractivity contribution in [2.75, 3.05) is 12.4 Å². The van der Waals surface area contributed by atoms with Crippen LogP contribution in [-0.4, -0.2) is 28.7 Å². The first-order chi connectivity index (χ1) is 12.7. The Labute approximate surface area is 157 Å². The summed E-state index contributed by atoms with van der Waals surface area (Å²) < 4.78 is 54.2. The molecule has 1 unspecified atom stereocenters. The lowest BCUT2D eigenvalue weighted by molar-refractivity contribution is -0.126. The Balaban J connectivity index is 1.97. The van der Waals surface area contributed by atoms with E-state index in [4.69, 9.17) is 11.6 Å². The zero-order chi connectivity index (χ0) is 19.9. The molecule has 2 aromatic carbocycles. The van der Waals surface area contributed by atoms with Gasteiger partial charge in [0.05, 0.1) is 5.57 Å². The van der Waals surface area contributed by atoms with E-state index in [1.54, 1.807) is 12.1 Å². The summed E-state index contributed by atoms with van der Waals surface area (Å²) in [5.41, 5.74) is -0.512. The summed E-state index contributed by atoms with van der Waals surface area (Å²) in [5, 5.41) is 3.85. The monoisotopic (exact) mass is 399 g/mol. The van der Waals surface area contributed by atoms with Crippen LogP contribution in [0.15, 0.2) is 47.7 Å². The molecule has 1 N–H and O–H groups in total. The van der Waals surface area contributed by atoms with E-state index in [0.29, 0.717) is 5.70 Å². The molecule has 0 spiro atoms. The summed E-state index contributed by atoms with van der Waals surface area (Å²) >= 11 is 5.94. The van der Waals surface area contributed by atoms with Crippen molar-refractivity contribution in [1.29, 1.82) is 0 Å². The standard InChI is InChI=1S/C18H14ClF4N3O/c1-9-15(17(19)26(23)25(9)2)18(27)24-14-6-4-3-5-11(14)10-7-12(20)16(22)13(21)8-10/h3-8,17H,1-2H3,(H,24,27). The minimum absolute atomic E-state index is 0.00654. The summed E-state index contributed by atoms with van der Waals surface area (Å²) in [6, 6.07) is 7.83. The van der Waals surface area contributed by atoms with Gasteiger partial charge in [0.2, 0.25) is 0 Å². The molecule has 1 aliphatic rings. The number of carbonyl (C=O) groups excluding carboxylic acids is 1. The van der Waals surface area contributed by atoms with Crippen LogP contribution >= 0.6 is 11.6 Å². The number of benzene rings is 2. The number of nitrogens with zero attached hydrogens (tertiary/aromatic N) is 2. The summed E-state index contributed by atoms with van der Waals surface area (Å²) in [4.78, 5) is 12.6. The van der Waals surface area contributed by atoms with E-state index >= 15 is 0 Å². The summed E-state index contributed by atoms with van der Waals surface area (Å²) in [6.45, 7) is 1.53. The van der Waals surface area contributed by atoms with E-state index < -0.39 is 28.9 Å². The van der Waals surface area contributed by atoms with Crippen LogP contribution in [0.3, 0.4) is 0 Å². The second kappa shape index (κ2) is 7.21. The van der Waals surface area contributed by atoms with E-state index in [0.717, 1.165) is 17.1 Å². The van der Waals surface area contributed by atoms with E-state index in [1.807, 2.05) is 0 Å². The van der Waals surface area contributed by atoms with Gasteiger partial charge in [0.15, 0.2) is 23.0 Å². The van der Waals surface area contributed by atoms with Gasteiger partial charge in [0.1, 0.15) is 0 Å². The minimum Gasteiger partial charge on any atom is -0.322 e. The lowest BCUT2D eigenvalue weighted by Gasteiger charge is -2.19. The molecular formula is C18H14ClF4N3O. The highest BCUT2D eigenvalue weighted by molar-refractivity contribution is 6.26. The fourth-order valence-corrected chi connectivity index (χ4v) is 3.15. The highest BCUT2D eigenvalue weighted by atomic mass is 35.5. The lowest BCUT2D eigenvalue weighted by Crippen LogP contribution is -2.31. The Bertz CT molecular complexity index is 927. The fraction of sp³-hybridized carbons (Fsp3) is 0.167. The minimum atomic E-state index is -1.58. The van der Waals surface area contributed by atoms with E-state index in [9.17, 15) is 22.4 Å². The lowest BCUT2D eigenvalue weighted by atomic mass is 10.0. The van der Waals surface area contributed by atoms with Crippen LogP contribution in [0.5, 0.6) is 0 Å². The summed E-state index contributed by atoms with van der Waals surface area (Å²) in [6.07, 6.45) is 0.